The molecule has 2 rings (SSSR count). The topological polar surface area (TPSA) is 59.2 Å². The third-order valence-corrected chi connectivity index (χ3v) is 3.07. The van der Waals surface area contributed by atoms with E-state index in [2.05, 4.69) is 10.1 Å². The minimum atomic E-state index is -0.636. The summed E-state index contributed by atoms with van der Waals surface area (Å²) in [7, 11) is 0. The zero-order chi connectivity index (χ0) is 10.8. The van der Waals surface area contributed by atoms with E-state index < -0.39 is 6.10 Å². The molecule has 4 nitrogen and oxygen atoms in total. The number of aromatic nitrogens is 2. The van der Waals surface area contributed by atoms with Crippen LogP contribution in [0, 0.1) is 6.92 Å². The molecule has 80 valence electrons. The normalized spacial score (nSPS) is 13.0. The molecule has 0 bridgehead atoms. The van der Waals surface area contributed by atoms with Gasteiger partial charge in [0, 0.05) is 4.88 Å². The number of rotatable bonds is 3. The van der Waals surface area contributed by atoms with Crippen molar-refractivity contribution in [1.82, 2.24) is 10.1 Å². The first-order valence-electron chi connectivity index (χ1n) is 4.79. The van der Waals surface area contributed by atoms with Gasteiger partial charge in [-0.3, -0.25) is 0 Å². The van der Waals surface area contributed by atoms with Crippen LogP contribution in [0.1, 0.15) is 30.2 Å². The zero-order valence-corrected chi connectivity index (χ0v) is 9.41. The highest BCUT2D eigenvalue weighted by atomic mass is 32.1. The van der Waals surface area contributed by atoms with Gasteiger partial charge >= 0.3 is 0 Å². The molecule has 0 aliphatic carbocycles. The molecule has 1 unspecified atom stereocenters. The second-order valence-electron chi connectivity index (χ2n) is 3.29. The van der Waals surface area contributed by atoms with Crippen LogP contribution < -0.4 is 0 Å². The summed E-state index contributed by atoms with van der Waals surface area (Å²) in [6, 6.07) is 3.94. The van der Waals surface area contributed by atoms with Gasteiger partial charge in [0.2, 0.25) is 5.82 Å². The highest BCUT2D eigenvalue weighted by Gasteiger charge is 2.15. The average molecular weight is 224 g/mol. The molecule has 0 aliphatic heterocycles. The second-order valence-corrected chi connectivity index (χ2v) is 4.58. The van der Waals surface area contributed by atoms with Crippen molar-refractivity contribution < 1.29 is 9.63 Å². The minimum Gasteiger partial charge on any atom is -0.385 e. The second kappa shape index (κ2) is 4.12. The minimum absolute atomic E-state index is 0.360. The third kappa shape index (κ3) is 2.08. The van der Waals surface area contributed by atoms with Gasteiger partial charge in [-0.15, -0.1) is 11.3 Å². The number of hydrogen-bond donors (Lipinski definition) is 1. The summed E-state index contributed by atoms with van der Waals surface area (Å²) < 4.78 is 5.08. The molecule has 5 heteroatoms. The number of hydrogen-bond acceptors (Lipinski definition) is 5. The molecule has 0 amide bonds. The Morgan fingerprint density at radius 2 is 2.33 bits per heavy atom. The Morgan fingerprint density at radius 3 is 2.93 bits per heavy atom. The van der Waals surface area contributed by atoms with Crippen molar-refractivity contribution in [2.24, 2.45) is 0 Å². The first-order chi connectivity index (χ1) is 7.20. The van der Waals surface area contributed by atoms with E-state index in [9.17, 15) is 5.11 Å². The van der Waals surface area contributed by atoms with Gasteiger partial charge in [-0.1, -0.05) is 12.1 Å². The average Bonchev–Trinajstić information content (AvgIpc) is 2.84. The van der Waals surface area contributed by atoms with Crippen molar-refractivity contribution in [1.29, 1.82) is 0 Å². The van der Waals surface area contributed by atoms with Gasteiger partial charge in [0.25, 0.3) is 5.89 Å². The fourth-order valence-electron chi connectivity index (χ4n) is 1.20. The molecule has 2 aromatic heterocycles. The van der Waals surface area contributed by atoms with Gasteiger partial charge in [0.15, 0.2) is 0 Å². The molecule has 2 heterocycles. The lowest BCUT2D eigenvalue weighted by Crippen LogP contribution is -1.97. The lowest BCUT2D eigenvalue weighted by Gasteiger charge is -1.97. The fourth-order valence-corrected chi connectivity index (χ4v) is 1.99. The van der Waals surface area contributed by atoms with E-state index in [1.54, 1.807) is 11.3 Å². The summed E-state index contributed by atoms with van der Waals surface area (Å²) in [5.41, 5.74) is 0. The summed E-state index contributed by atoms with van der Waals surface area (Å²) in [5, 5.41) is 13.3. The van der Waals surface area contributed by atoms with E-state index in [1.165, 1.54) is 4.88 Å². The number of aryl methyl sites for hydroxylation is 1. The zero-order valence-electron chi connectivity index (χ0n) is 8.60. The number of nitrogens with zero attached hydrogens (tertiary/aromatic N) is 2. The molecule has 0 fully saturated rings. The molecule has 15 heavy (non-hydrogen) atoms. The highest BCUT2D eigenvalue weighted by Crippen LogP contribution is 2.27. The maximum absolute atomic E-state index is 9.51. The largest absolute Gasteiger partial charge is 0.385 e. The Kier molecular flexibility index (Phi) is 2.83. The van der Waals surface area contributed by atoms with E-state index in [4.69, 9.17) is 4.52 Å². The molecule has 1 atom stereocenters. The van der Waals surface area contributed by atoms with Crippen LogP contribution in [0.15, 0.2) is 16.7 Å². The van der Waals surface area contributed by atoms with Crippen LogP contribution >= 0.6 is 11.3 Å². The van der Waals surface area contributed by atoms with Gasteiger partial charge in [-0.25, -0.2) is 0 Å². The van der Waals surface area contributed by atoms with E-state index >= 15 is 0 Å². The van der Waals surface area contributed by atoms with Crippen LogP contribution in [0.5, 0.6) is 0 Å². The molecule has 0 spiro atoms. The van der Waals surface area contributed by atoms with Crippen molar-refractivity contribution in [2.75, 3.05) is 0 Å². The number of aliphatic hydroxyl groups is 1. The van der Waals surface area contributed by atoms with E-state index in [0.29, 0.717) is 18.1 Å². The Labute approximate surface area is 91.6 Å². The van der Waals surface area contributed by atoms with Crippen molar-refractivity contribution in [3.05, 3.63) is 22.8 Å². The predicted octanol–water partition coefficient (Wildman–Crippen LogP) is 2.55. The van der Waals surface area contributed by atoms with Crippen LogP contribution in [-0.4, -0.2) is 15.2 Å². The Hall–Kier alpha value is -1.20. The van der Waals surface area contributed by atoms with E-state index in [0.717, 1.165) is 4.88 Å². The molecule has 0 aliphatic rings. The lowest BCUT2D eigenvalue weighted by atomic mass is 10.3. The number of aliphatic hydroxyl groups excluding tert-OH is 1. The Morgan fingerprint density at radius 1 is 1.53 bits per heavy atom. The fraction of sp³-hybridized carbons (Fsp3) is 0.400. The van der Waals surface area contributed by atoms with Gasteiger partial charge in [-0.2, -0.15) is 4.98 Å². The van der Waals surface area contributed by atoms with Crippen molar-refractivity contribution >= 4 is 11.3 Å². The molecule has 0 aromatic carbocycles. The molecular formula is C10H12N2O2S. The van der Waals surface area contributed by atoms with Gasteiger partial charge in [0.1, 0.15) is 6.10 Å². The van der Waals surface area contributed by atoms with Crippen LogP contribution in [0.3, 0.4) is 0 Å². The van der Waals surface area contributed by atoms with Crippen LogP contribution in [-0.2, 0) is 0 Å². The first kappa shape index (κ1) is 10.3. The van der Waals surface area contributed by atoms with Crippen molar-refractivity contribution in [3.8, 4) is 10.8 Å². The molecule has 0 saturated carbocycles. The smallest absolute Gasteiger partial charge is 0.268 e. The molecule has 2 aromatic rings. The molecule has 0 saturated heterocycles. The Balaban J connectivity index is 2.27. The molecule has 1 N–H and O–H groups in total. The maximum Gasteiger partial charge on any atom is 0.268 e. The molecular weight excluding hydrogens is 212 g/mol. The van der Waals surface area contributed by atoms with E-state index in [-0.39, 0.29) is 0 Å². The van der Waals surface area contributed by atoms with Crippen molar-refractivity contribution in [2.45, 2.75) is 26.4 Å². The van der Waals surface area contributed by atoms with Crippen LogP contribution in [0.2, 0.25) is 0 Å². The third-order valence-electron chi connectivity index (χ3n) is 2.08. The number of thiophene rings is 1. The van der Waals surface area contributed by atoms with Gasteiger partial charge in [-0.05, 0) is 25.5 Å². The van der Waals surface area contributed by atoms with Crippen LogP contribution in [0.25, 0.3) is 10.8 Å². The Bertz CT molecular complexity index is 450. The van der Waals surface area contributed by atoms with Crippen LogP contribution in [0.4, 0.5) is 0 Å². The highest BCUT2D eigenvalue weighted by molar-refractivity contribution is 7.15. The lowest BCUT2D eigenvalue weighted by molar-refractivity contribution is 0.159. The summed E-state index contributed by atoms with van der Waals surface area (Å²) >= 11 is 1.60. The van der Waals surface area contributed by atoms with Crippen molar-refractivity contribution in [3.63, 3.8) is 0 Å². The SMILES string of the molecule is CCC(O)c1noc(-c2ccc(C)s2)n1. The standard InChI is InChI=1S/C10H12N2O2S/c1-3-7(13)9-11-10(14-12-9)8-5-4-6(2)15-8/h4-5,7,13H,3H2,1-2H3. The summed E-state index contributed by atoms with van der Waals surface area (Å²) in [6.45, 7) is 3.89. The summed E-state index contributed by atoms with van der Waals surface area (Å²) in [6.07, 6.45) is -0.0498. The van der Waals surface area contributed by atoms with Gasteiger partial charge in [0.05, 0.1) is 4.88 Å². The summed E-state index contributed by atoms with van der Waals surface area (Å²) in [4.78, 5) is 6.28. The molecule has 0 radical (unpaired) electrons. The quantitative estimate of drug-likeness (QED) is 0.870. The maximum atomic E-state index is 9.51. The predicted molar refractivity (Wildman–Crippen MR) is 57.6 cm³/mol. The van der Waals surface area contributed by atoms with Gasteiger partial charge < -0.3 is 9.63 Å². The van der Waals surface area contributed by atoms with E-state index in [1.807, 2.05) is 26.0 Å². The monoisotopic (exact) mass is 224 g/mol. The first-order valence-corrected chi connectivity index (χ1v) is 5.61. The summed E-state index contributed by atoms with van der Waals surface area (Å²) in [5.74, 6) is 0.842.